The number of rotatable bonds is 11. The molecule has 0 fully saturated rings. The molecule has 5 N–H and O–H groups in total. The number of hydrogen-bond donors (Lipinski definition) is 4. The SMILES string of the molecule is Nc1c(N=Nc2ccc(S(=O)(=O)CCOSOOO)cc2S(=O)(=O)O)cc(S(=O)(=O)O)c2ccccc12. The van der Waals surface area contributed by atoms with Gasteiger partial charge >= 0.3 is 0 Å². The van der Waals surface area contributed by atoms with Crippen LogP contribution >= 0.6 is 12.3 Å². The Hall–Kier alpha value is -2.72. The normalized spacial score (nSPS) is 12.9. The largest absolute Gasteiger partial charge is 0.396 e. The number of sulfone groups is 1. The van der Waals surface area contributed by atoms with E-state index in [9.17, 15) is 34.4 Å². The Balaban J connectivity index is 2.04. The minimum atomic E-state index is -5.01. The second-order valence-corrected chi connectivity index (χ2v) is 12.4. The molecule has 15 nitrogen and oxygen atoms in total. The second-order valence-electron chi connectivity index (χ2n) is 6.98. The highest BCUT2D eigenvalue weighted by molar-refractivity contribution is 7.91. The summed E-state index contributed by atoms with van der Waals surface area (Å²) in [5.74, 6) is -0.646. The van der Waals surface area contributed by atoms with Crippen molar-refractivity contribution < 1.29 is 53.2 Å². The van der Waals surface area contributed by atoms with E-state index < -0.39 is 62.8 Å². The highest BCUT2D eigenvalue weighted by Gasteiger charge is 2.23. The molecule has 0 atom stereocenters. The monoisotopic (exact) mass is 595 g/mol. The molecule has 0 radical (unpaired) electrons. The molecule has 3 rings (SSSR count). The quantitative estimate of drug-likeness (QED) is 0.0473. The smallest absolute Gasteiger partial charge is 0.296 e. The van der Waals surface area contributed by atoms with Gasteiger partial charge < -0.3 is 5.73 Å². The number of benzene rings is 3. The average Bonchev–Trinajstić information content (AvgIpc) is 2.82. The predicted molar refractivity (Wildman–Crippen MR) is 129 cm³/mol. The Bertz CT molecular complexity index is 1670. The first kappa shape index (κ1) is 28.8. The number of hydrogen-bond acceptors (Lipinski definition) is 14. The van der Waals surface area contributed by atoms with Crippen LogP contribution in [-0.4, -0.2) is 52.0 Å². The third kappa shape index (κ3) is 6.98. The minimum Gasteiger partial charge on any atom is -0.396 e. The van der Waals surface area contributed by atoms with Crippen LogP contribution in [-0.2, 0) is 43.6 Å². The fraction of sp³-hybridized carbons (Fsp3) is 0.111. The van der Waals surface area contributed by atoms with E-state index in [-0.39, 0.29) is 34.5 Å². The van der Waals surface area contributed by atoms with Gasteiger partial charge in [0.1, 0.15) is 21.2 Å². The predicted octanol–water partition coefficient (Wildman–Crippen LogP) is 3.11. The molecular formula is C18H17N3O12S4. The van der Waals surface area contributed by atoms with Gasteiger partial charge in [0.05, 0.1) is 22.9 Å². The minimum absolute atomic E-state index is 0.0483. The first-order chi connectivity index (χ1) is 17.3. The maximum atomic E-state index is 12.5. The summed E-state index contributed by atoms with van der Waals surface area (Å²) in [6.45, 7) is -0.448. The number of nitrogens with zero attached hydrogens (tertiary/aromatic N) is 2. The van der Waals surface area contributed by atoms with Crippen LogP contribution in [0.4, 0.5) is 17.1 Å². The zero-order valence-electron chi connectivity index (χ0n) is 18.2. The maximum Gasteiger partial charge on any atom is 0.296 e. The van der Waals surface area contributed by atoms with Gasteiger partial charge in [-0.15, -0.1) is 14.6 Å². The summed E-state index contributed by atoms with van der Waals surface area (Å²) >= 11 is 0.144. The molecule has 0 unspecified atom stereocenters. The summed E-state index contributed by atoms with van der Waals surface area (Å²) in [6.07, 6.45) is 0. The molecule has 3 aromatic carbocycles. The molecule has 19 heteroatoms. The van der Waals surface area contributed by atoms with Crippen molar-refractivity contribution in [1.82, 2.24) is 0 Å². The van der Waals surface area contributed by atoms with Crippen molar-refractivity contribution in [2.24, 2.45) is 10.2 Å². The van der Waals surface area contributed by atoms with E-state index in [0.29, 0.717) is 6.07 Å². The van der Waals surface area contributed by atoms with Gasteiger partial charge in [-0.05, 0) is 24.3 Å². The Kier molecular flexibility index (Phi) is 8.85. The molecule has 0 aromatic heterocycles. The average molecular weight is 596 g/mol. The van der Waals surface area contributed by atoms with Crippen molar-refractivity contribution in [2.45, 2.75) is 14.7 Å². The van der Waals surface area contributed by atoms with Crippen molar-refractivity contribution in [3.05, 3.63) is 48.5 Å². The van der Waals surface area contributed by atoms with Gasteiger partial charge in [0.15, 0.2) is 22.2 Å². The van der Waals surface area contributed by atoms with Crippen LogP contribution in [0.2, 0.25) is 0 Å². The lowest BCUT2D eigenvalue weighted by molar-refractivity contribution is -0.434. The van der Waals surface area contributed by atoms with E-state index in [1.807, 2.05) is 0 Å². The molecule has 200 valence electrons. The van der Waals surface area contributed by atoms with E-state index >= 15 is 0 Å². The van der Waals surface area contributed by atoms with E-state index in [4.69, 9.17) is 11.0 Å². The van der Waals surface area contributed by atoms with Gasteiger partial charge in [0, 0.05) is 10.8 Å². The van der Waals surface area contributed by atoms with Crippen LogP contribution in [0.1, 0.15) is 0 Å². The highest BCUT2D eigenvalue weighted by atomic mass is 32.2. The number of nitrogen functional groups attached to an aromatic ring is 1. The van der Waals surface area contributed by atoms with E-state index in [1.54, 1.807) is 6.07 Å². The van der Waals surface area contributed by atoms with Crippen LogP contribution in [0, 0.1) is 0 Å². The molecule has 3 aromatic rings. The van der Waals surface area contributed by atoms with Crippen molar-refractivity contribution in [3.8, 4) is 0 Å². The van der Waals surface area contributed by atoms with Crippen molar-refractivity contribution in [2.75, 3.05) is 18.1 Å². The lowest BCUT2D eigenvalue weighted by Crippen LogP contribution is -2.12. The Labute approximate surface area is 214 Å². The standard InChI is InChI=1S/C18H17N3O12S4/c19-18-13-4-2-1-3-12(13)16(36(25,26)27)10-15(18)21-20-14-6-5-11(9-17(14)37(28,29)30)35(23,24)8-7-31-34-33-32-22/h1-6,9-10,22H,7-8,19H2,(H,25,26,27)(H,28,29,30). The van der Waals surface area contributed by atoms with Crippen LogP contribution in [0.5, 0.6) is 0 Å². The molecular weight excluding hydrogens is 578 g/mol. The molecule has 0 amide bonds. The second kappa shape index (κ2) is 11.3. The number of fused-ring (bicyclic) bond motifs is 1. The summed E-state index contributed by atoms with van der Waals surface area (Å²) < 4.78 is 100. The molecule has 0 aliphatic heterocycles. The van der Waals surface area contributed by atoms with Gasteiger partial charge in [-0.3, -0.25) is 13.3 Å². The third-order valence-electron chi connectivity index (χ3n) is 4.68. The molecule has 37 heavy (non-hydrogen) atoms. The lowest BCUT2D eigenvalue weighted by atomic mass is 10.1. The van der Waals surface area contributed by atoms with Crippen LogP contribution < -0.4 is 5.73 Å². The maximum absolute atomic E-state index is 12.5. The van der Waals surface area contributed by atoms with Crippen LogP contribution in [0.25, 0.3) is 10.8 Å². The van der Waals surface area contributed by atoms with Crippen molar-refractivity contribution in [1.29, 1.82) is 0 Å². The van der Waals surface area contributed by atoms with Crippen LogP contribution in [0.3, 0.4) is 0 Å². The van der Waals surface area contributed by atoms with Gasteiger partial charge in [-0.1, -0.05) is 29.3 Å². The summed E-state index contributed by atoms with van der Waals surface area (Å²) in [6, 6.07) is 9.45. The van der Waals surface area contributed by atoms with Gasteiger partial charge in [-0.2, -0.15) is 16.8 Å². The molecule has 0 spiro atoms. The van der Waals surface area contributed by atoms with Crippen LogP contribution in [0.15, 0.2) is 73.4 Å². The topological polar surface area (TPSA) is 242 Å². The van der Waals surface area contributed by atoms with Crippen molar-refractivity contribution in [3.63, 3.8) is 0 Å². The van der Waals surface area contributed by atoms with Crippen molar-refractivity contribution >= 4 is 70.2 Å². The number of azo groups is 1. The number of nitrogens with two attached hydrogens (primary N) is 1. The molecule has 0 bridgehead atoms. The molecule has 0 saturated carbocycles. The zero-order valence-corrected chi connectivity index (χ0v) is 21.4. The van der Waals surface area contributed by atoms with E-state index in [1.165, 1.54) is 18.2 Å². The fourth-order valence-corrected chi connectivity index (χ4v) is 5.93. The Morgan fingerprint density at radius 1 is 0.838 bits per heavy atom. The van der Waals surface area contributed by atoms with Gasteiger partial charge in [0.2, 0.25) is 0 Å². The lowest BCUT2D eigenvalue weighted by Gasteiger charge is -2.10. The highest BCUT2D eigenvalue weighted by Crippen LogP contribution is 2.37. The van der Waals surface area contributed by atoms with Gasteiger partial charge in [0.25, 0.3) is 20.2 Å². The summed E-state index contributed by atoms with van der Waals surface area (Å²) in [5, 5.41) is 19.0. The third-order valence-corrected chi connectivity index (χ3v) is 8.51. The summed E-state index contributed by atoms with van der Waals surface area (Å²) in [7, 11) is -13.9. The molecule has 0 saturated heterocycles. The summed E-state index contributed by atoms with van der Waals surface area (Å²) in [4.78, 5) is -1.95. The Morgan fingerprint density at radius 2 is 1.46 bits per heavy atom. The summed E-state index contributed by atoms with van der Waals surface area (Å²) in [5.41, 5.74) is 5.25. The van der Waals surface area contributed by atoms with Gasteiger partial charge in [-0.25, -0.2) is 13.7 Å². The fourth-order valence-electron chi connectivity index (χ4n) is 3.06. The van der Waals surface area contributed by atoms with E-state index in [2.05, 4.69) is 23.8 Å². The zero-order chi connectivity index (χ0) is 27.4. The Morgan fingerprint density at radius 3 is 2.08 bits per heavy atom. The molecule has 0 aliphatic carbocycles. The molecule has 0 heterocycles. The first-order valence-electron chi connectivity index (χ1n) is 9.57. The van der Waals surface area contributed by atoms with E-state index in [0.717, 1.165) is 18.2 Å². The first-order valence-corrected chi connectivity index (χ1v) is 14.8. The number of anilines is 1. The molecule has 0 aliphatic rings.